The van der Waals surface area contributed by atoms with Crippen molar-refractivity contribution in [3.8, 4) is 0 Å². The molecular weight excluding hydrogens is 412 g/mol. The van der Waals surface area contributed by atoms with Gasteiger partial charge in [0.25, 0.3) is 0 Å². The molecule has 4 rings (SSSR count). The molecule has 32 heavy (non-hydrogen) atoms. The first kappa shape index (κ1) is 25.1. The zero-order valence-electron chi connectivity index (χ0n) is 21.7. The van der Waals surface area contributed by atoms with E-state index in [0.29, 0.717) is 22.7 Å². The number of fused-ring (bicyclic) bond motifs is 5. The second-order valence-corrected chi connectivity index (χ2v) is 13.7. The molecule has 1 nitrogen and oxygen atoms in total. The topological polar surface area (TPSA) is 20.2 Å². The lowest BCUT2D eigenvalue weighted by Gasteiger charge is -2.62. The maximum atomic E-state index is 10.9. The normalized spacial score (nSPS) is 47.3. The van der Waals surface area contributed by atoms with Crippen LogP contribution in [-0.4, -0.2) is 11.2 Å². The van der Waals surface area contributed by atoms with Crippen LogP contribution < -0.4 is 0 Å². The quantitative estimate of drug-likeness (QED) is 0.400. The molecule has 0 aromatic heterocycles. The van der Waals surface area contributed by atoms with E-state index in [1.54, 1.807) is 5.54 Å². The van der Waals surface area contributed by atoms with Gasteiger partial charge in [0.2, 0.25) is 0 Å². The molecular formula is C30H51ClO. The van der Waals surface area contributed by atoms with Crippen LogP contribution in [0.2, 0.25) is 0 Å². The summed E-state index contributed by atoms with van der Waals surface area (Å²) in [7, 11) is 0. The fraction of sp³-hybridized carbons (Fsp3) is 0.933. The van der Waals surface area contributed by atoms with E-state index in [-0.39, 0.29) is 6.10 Å². The largest absolute Gasteiger partial charge is 0.393 e. The summed E-state index contributed by atoms with van der Waals surface area (Å²) < 4.78 is 0. The number of aliphatic hydroxyl groups excluding tert-OH is 1. The number of allylic oxidation sites excluding steroid dienone is 1. The molecule has 0 aromatic carbocycles. The third-order valence-electron chi connectivity index (χ3n) is 11.6. The Morgan fingerprint density at radius 1 is 0.875 bits per heavy atom. The molecule has 4 aliphatic rings. The standard InChI is InChI=1S/C30H51ClO/c1-20(2)8-6-9-21(3)24-13-14-25-22-11-12-26-23(10-7-19-31)28(32)16-18-30(26,5)27(22)15-17-29(24,25)4/h7,19-28,32H,6,8-18H2,1-5H3/b19-7-/t21-,22+,23+,24-,25+,26+,27+,28+,29-,30+/m1/s1. The van der Waals surface area contributed by atoms with E-state index in [0.717, 1.165) is 48.3 Å². The van der Waals surface area contributed by atoms with Crippen molar-refractivity contribution in [3.05, 3.63) is 11.6 Å². The second-order valence-electron chi connectivity index (χ2n) is 13.5. The summed E-state index contributed by atoms with van der Waals surface area (Å²) >= 11 is 5.89. The third kappa shape index (κ3) is 4.36. The first-order chi connectivity index (χ1) is 15.2. The van der Waals surface area contributed by atoms with Crippen LogP contribution in [-0.2, 0) is 0 Å². The van der Waals surface area contributed by atoms with E-state index in [1.165, 1.54) is 64.2 Å². The molecule has 0 amide bonds. The second kappa shape index (κ2) is 9.93. The third-order valence-corrected chi connectivity index (χ3v) is 11.8. The molecule has 4 fully saturated rings. The predicted octanol–water partition coefficient (Wildman–Crippen LogP) is 8.84. The molecule has 4 saturated carbocycles. The number of halogens is 1. The predicted molar refractivity (Wildman–Crippen MR) is 138 cm³/mol. The Morgan fingerprint density at radius 3 is 2.28 bits per heavy atom. The Kier molecular flexibility index (Phi) is 7.78. The Balaban J connectivity index is 1.48. The Hall–Kier alpha value is -0.0100. The first-order valence-corrected chi connectivity index (χ1v) is 14.6. The molecule has 0 spiro atoms. The molecule has 0 bridgehead atoms. The molecule has 184 valence electrons. The Bertz CT molecular complexity index is 657. The van der Waals surface area contributed by atoms with Crippen molar-refractivity contribution < 1.29 is 5.11 Å². The van der Waals surface area contributed by atoms with Gasteiger partial charge in [-0.25, -0.2) is 0 Å². The lowest BCUT2D eigenvalue weighted by molar-refractivity contribution is -0.152. The fourth-order valence-corrected chi connectivity index (χ4v) is 10.2. The summed E-state index contributed by atoms with van der Waals surface area (Å²) in [6.45, 7) is 12.7. The van der Waals surface area contributed by atoms with Gasteiger partial charge in [-0.05, 0) is 116 Å². The highest BCUT2D eigenvalue weighted by molar-refractivity contribution is 6.25. The van der Waals surface area contributed by atoms with Gasteiger partial charge in [-0.2, -0.15) is 0 Å². The van der Waals surface area contributed by atoms with Crippen molar-refractivity contribution >= 4 is 11.6 Å². The first-order valence-electron chi connectivity index (χ1n) is 14.2. The molecule has 0 unspecified atom stereocenters. The monoisotopic (exact) mass is 462 g/mol. The lowest BCUT2D eigenvalue weighted by Crippen LogP contribution is -2.56. The maximum Gasteiger partial charge on any atom is 0.0574 e. The lowest BCUT2D eigenvalue weighted by atomic mass is 9.43. The summed E-state index contributed by atoms with van der Waals surface area (Å²) in [5.74, 6) is 6.53. The van der Waals surface area contributed by atoms with Gasteiger partial charge in [-0.1, -0.05) is 71.6 Å². The highest BCUT2D eigenvalue weighted by Gasteiger charge is 2.61. The zero-order chi connectivity index (χ0) is 23.1. The number of hydrogen-bond acceptors (Lipinski definition) is 1. The maximum absolute atomic E-state index is 10.9. The van der Waals surface area contributed by atoms with E-state index in [1.807, 2.05) is 0 Å². The molecule has 4 aliphatic carbocycles. The van der Waals surface area contributed by atoms with E-state index < -0.39 is 0 Å². The molecule has 2 heteroatoms. The number of hydrogen-bond donors (Lipinski definition) is 1. The van der Waals surface area contributed by atoms with Crippen molar-refractivity contribution in [1.82, 2.24) is 0 Å². The average molecular weight is 463 g/mol. The van der Waals surface area contributed by atoms with Gasteiger partial charge < -0.3 is 5.11 Å². The smallest absolute Gasteiger partial charge is 0.0574 e. The van der Waals surface area contributed by atoms with Gasteiger partial charge in [0.1, 0.15) is 0 Å². The Morgan fingerprint density at radius 2 is 1.56 bits per heavy atom. The summed E-state index contributed by atoms with van der Waals surface area (Å²) in [5.41, 5.74) is 2.67. The minimum absolute atomic E-state index is 0.131. The van der Waals surface area contributed by atoms with Gasteiger partial charge in [0, 0.05) is 5.54 Å². The van der Waals surface area contributed by atoms with Crippen molar-refractivity contribution in [2.45, 2.75) is 118 Å². The molecule has 1 N–H and O–H groups in total. The molecule has 0 aromatic rings. The summed E-state index contributed by atoms with van der Waals surface area (Å²) in [6.07, 6.45) is 18.0. The number of rotatable bonds is 7. The van der Waals surface area contributed by atoms with E-state index in [2.05, 4.69) is 40.7 Å². The minimum atomic E-state index is -0.131. The van der Waals surface area contributed by atoms with Gasteiger partial charge >= 0.3 is 0 Å². The van der Waals surface area contributed by atoms with Crippen LogP contribution in [0.25, 0.3) is 0 Å². The van der Waals surface area contributed by atoms with E-state index in [4.69, 9.17) is 11.6 Å². The van der Waals surface area contributed by atoms with Gasteiger partial charge in [0.15, 0.2) is 0 Å². The highest BCUT2D eigenvalue weighted by atomic mass is 35.5. The Labute approximate surface area is 204 Å². The summed E-state index contributed by atoms with van der Waals surface area (Å²) in [4.78, 5) is 0. The zero-order valence-corrected chi connectivity index (χ0v) is 22.4. The summed E-state index contributed by atoms with van der Waals surface area (Å²) in [5, 5.41) is 10.9. The van der Waals surface area contributed by atoms with Gasteiger partial charge in [-0.3, -0.25) is 0 Å². The van der Waals surface area contributed by atoms with Crippen LogP contribution in [0, 0.1) is 58.2 Å². The minimum Gasteiger partial charge on any atom is -0.393 e. The molecule has 0 heterocycles. The highest BCUT2D eigenvalue weighted by Crippen LogP contribution is 2.69. The van der Waals surface area contributed by atoms with Crippen LogP contribution in [0.4, 0.5) is 0 Å². The molecule has 0 aliphatic heterocycles. The molecule has 0 radical (unpaired) electrons. The van der Waals surface area contributed by atoms with Gasteiger partial charge in [0.05, 0.1) is 6.10 Å². The van der Waals surface area contributed by atoms with Crippen LogP contribution >= 0.6 is 11.6 Å². The molecule has 0 saturated heterocycles. The summed E-state index contributed by atoms with van der Waals surface area (Å²) in [6, 6.07) is 0. The molecule has 10 atom stereocenters. The van der Waals surface area contributed by atoms with Crippen molar-refractivity contribution in [3.63, 3.8) is 0 Å². The SMILES string of the molecule is CC(C)CCC[C@@H](C)[C@H]1CC[C@H]2[C@@H]3CC[C@H]4[C@H](C/C=C\Cl)[C@@H](O)CC[C@]4(C)[C@H]3CC[C@]12C. The van der Waals surface area contributed by atoms with Crippen LogP contribution in [0.1, 0.15) is 112 Å². The fourth-order valence-electron chi connectivity index (χ4n) is 10.1. The van der Waals surface area contributed by atoms with Crippen molar-refractivity contribution in [1.29, 1.82) is 0 Å². The van der Waals surface area contributed by atoms with Crippen molar-refractivity contribution in [2.24, 2.45) is 58.2 Å². The van der Waals surface area contributed by atoms with Crippen LogP contribution in [0.5, 0.6) is 0 Å². The van der Waals surface area contributed by atoms with Crippen LogP contribution in [0.15, 0.2) is 11.6 Å². The van der Waals surface area contributed by atoms with E-state index in [9.17, 15) is 5.11 Å². The van der Waals surface area contributed by atoms with Crippen LogP contribution in [0.3, 0.4) is 0 Å². The van der Waals surface area contributed by atoms with Crippen molar-refractivity contribution in [2.75, 3.05) is 0 Å². The number of aliphatic hydroxyl groups is 1. The van der Waals surface area contributed by atoms with E-state index >= 15 is 0 Å². The average Bonchev–Trinajstić information content (AvgIpc) is 3.10. The van der Waals surface area contributed by atoms with Gasteiger partial charge in [-0.15, -0.1) is 0 Å².